The summed E-state index contributed by atoms with van der Waals surface area (Å²) in [5.74, 6) is -1.77. The van der Waals surface area contributed by atoms with Gasteiger partial charge in [-0.15, -0.1) is 0 Å². The van der Waals surface area contributed by atoms with Crippen LogP contribution in [0.15, 0.2) is 0 Å². The topological polar surface area (TPSA) is 52.6 Å². The van der Waals surface area contributed by atoms with E-state index in [2.05, 4.69) is 0 Å². The average molecular weight is 244 g/mol. The van der Waals surface area contributed by atoms with Crippen molar-refractivity contribution in [3.05, 3.63) is 0 Å². The summed E-state index contributed by atoms with van der Waals surface area (Å²) in [6, 6.07) is 0. The highest BCUT2D eigenvalue weighted by atomic mass is 16.6. The molecule has 0 spiro atoms. The van der Waals surface area contributed by atoms with Gasteiger partial charge in [-0.05, 0) is 32.1 Å². The summed E-state index contributed by atoms with van der Waals surface area (Å²) in [5.41, 5.74) is -0.404. The fourth-order valence-electron chi connectivity index (χ4n) is 1.77. The lowest BCUT2D eigenvalue weighted by molar-refractivity contribution is -0.168. The van der Waals surface area contributed by atoms with Gasteiger partial charge in [0, 0.05) is 0 Å². The fourth-order valence-corrected chi connectivity index (χ4v) is 1.77. The number of carbonyl (C=O) groups is 2. The largest absolute Gasteiger partial charge is 0.465 e. The molecule has 4 heteroatoms. The smallest absolute Gasteiger partial charge is 0.320 e. The zero-order chi connectivity index (χ0) is 13.5. The van der Waals surface area contributed by atoms with Crippen LogP contribution in [0.3, 0.4) is 0 Å². The standard InChI is InChI=1S/C13H24O4/c1-6-13(5,7-2)10(11(14)16-8-3)12(15)17-9-4/h10H,6-9H2,1-5H3. The van der Waals surface area contributed by atoms with Crippen molar-refractivity contribution in [1.82, 2.24) is 0 Å². The first-order valence-corrected chi connectivity index (χ1v) is 6.30. The Labute approximate surface area is 104 Å². The highest BCUT2D eigenvalue weighted by Gasteiger charge is 2.43. The molecule has 0 rings (SSSR count). The molecule has 0 bridgehead atoms. The van der Waals surface area contributed by atoms with Gasteiger partial charge in [0.05, 0.1) is 13.2 Å². The van der Waals surface area contributed by atoms with Gasteiger partial charge in [0.1, 0.15) is 0 Å². The molecule has 0 aliphatic carbocycles. The third kappa shape index (κ3) is 4.02. The van der Waals surface area contributed by atoms with Crippen LogP contribution in [0.4, 0.5) is 0 Å². The van der Waals surface area contributed by atoms with E-state index in [-0.39, 0.29) is 13.2 Å². The number of hydrogen-bond acceptors (Lipinski definition) is 4. The van der Waals surface area contributed by atoms with E-state index in [0.29, 0.717) is 0 Å². The van der Waals surface area contributed by atoms with Gasteiger partial charge in [0.25, 0.3) is 0 Å². The molecule has 4 nitrogen and oxygen atoms in total. The first-order chi connectivity index (χ1) is 7.96. The Morgan fingerprint density at radius 3 is 1.53 bits per heavy atom. The zero-order valence-corrected chi connectivity index (χ0v) is 11.5. The number of hydrogen-bond donors (Lipinski definition) is 0. The summed E-state index contributed by atoms with van der Waals surface area (Å²) >= 11 is 0. The highest BCUT2D eigenvalue weighted by Crippen LogP contribution is 2.36. The van der Waals surface area contributed by atoms with E-state index in [1.165, 1.54) is 0 Å². The van der Waals surface area contributed by atoms with Gasteiger partial charge in [-0.3, -0.25) is 9.59 Å². The average Bonchev–Trinajstić information content (AvgIpc) is 2.29. The predicted molar refractivity (Wildman–Crippen MR) is 65.4 cm³/mol. The summed E-state index contributed by atoms with van der Waals surface area (Å²) in [6.45, 7) is 9.87. The first kappa shape index (κ1) is 15.9. The van der Waals surface area contributed by atoms with Gasteiger partial charge in [-0.1, -0.05) is 20.8 Å². The van der Waals surface area contributed by atoms with Gasteiger partial charge in [0.15, 0.2) is 5.92 Å². The molecule has 0 saturated heterocycles. The van der Waals surface area contributed by atoms with Gasteiger partial charge >= 0.3 is 11.9 Å². The molecule has 0 aromatic carbocycles. The van der Waals surface area contributed by atoms with Crippen LogP contribution in [0.5, 0.6) is 0 Å². The maximum absolute atomic E-state index is 11.9. The van der Waals surface area contributed by atoms with Crippen LogP contribution in [-0.2, 0) is 19.1 Å². The molecule has 0 aromatic heterocycles. The maximum atomic E-state index is 11.9. The quantitative estimate of drug-likeness (QED) is 0.510. The molecule has 0 aliphatic rings. The van der Waals surface area contributed by atoms with E-state index in [0.717, 1.165) is 12.8 Å². The third-order valence-corrected chi connectivity index (χ3v) is 3.36. The number of ether oxygens (including phenoxy) is 2. The minimum atomic E-state index is -0.822. The molecule has 0 atom stereocenters. The Morgan fingerprint density at radius 2 is 1.29 bits per heavy atom. The second-order valence-corrected chi connectivity index (χ2v) is 4.30. The second kappa shape index (κ2) is 7.30. The SMILES string of the molecule is CCOC(=O)C(C(=O)OCC)C(C)(CC)CC. The number of carbonyl (C=O) groups excluding carboxylic acids is 2. The van der Waals surface area contributed by atoms with Crippen molar-refractivity contribution >= 4 is 11.9 Å². The Hall–Kier alpha value is -1.06. The lowest BCUT2D eigenvalue weighted by atomic mass is 9.73. The van der Waals surface area contributed by atoms with E-state index in [9.17, 15) is 9.59 Å². The predicted octanol–water partition coefficient (Wildman–Crippen LogP) is 2.56. The summed E-state index contributed by atoms with van der Waals surface area (Å²) in [5, 5.41) is 0. The molecule has 100 valence electrons. The summed E-state index contributed by atoms with van der Waals surface area (Å²) < 4.78 is 9.96. The van der Waals surface area contributed by atoms with Crippen LogP contribution in [0.1, 0.15) is 47.5 Å². The third-order valence-electron chi connectivity index (χ3n) is 3.36. The number of esters is 2. The minimum absolute atomic E-state index is 0.276. The van der Waals surface area contributed by atoms with E-state index in [1.54, 1.807) is 13.8 Å². The second-order valence-electron chi connectivity index (χ2n) is 4.30. The van der Waals surface area contributed by atoms with Crippen LogP contribution in [-0.4, -0.2) is 25.2 Å². The summed E-state index contributed by atoms with van der Waals surface area (Å²) in [6.07, 6.45) is 1.46. The molecule has 0 aromatic rings. The normalized spacial score (nSPS) is 11.4. The van der Waals surface area contributed by atoms with Crippen molar-refractivity contribution in [2.24, 2.45) is 11.3 Å². The van der Waals surface area contributed by atoms with Crippen molar-refractivity contribution < 1.29 is 19.1 Å². The van der Waals surface area contributed by atoms with Crippen LogP contribution in [0.2, 0.25) is 0 Å². The summed E-state index contributed by atoms with van der Waals surface area (Å²) in [4.78, 5) is 23.8. The van der Waals surface area contributed by atoms with E-state index < -0.39 is 23.3 Å². The molecule has 0 N–H and O–H groups in total. The zero-order valence-electron chi connectivity index (χ0n) is 11.5. The van der Waals surface area contributed by atoms with E-state index in [4.69, 9.17) is 9.47 Å². The summed E-state index contributed by atoms with van der Waals surface area (Å²) in [7, 11) is 0. The Kier molecular flexibility index (Phi) is 6.85. The van der Waals surface area contributed by atoms with Crippen molar-refractivity contribution in [2.45, 2.75) is 47.5 Å². The molecule has 17 heavy (non-hydrogen) atoms. The van der Waals surface area contributed by atoms with Crippen molar-refractivity contribution in [1.29, 1.82) is 0 Å². The Balaban J connectivity index is 5.08. The molecular formula is C13H24O4. The number of rotatable bonds is 7. The molecule has 0 radical (unpaired) electrons. The fraction of sp³-hybridized carbons (Fsp3) is 0.846. The van der Waals surface area contributed by atoms with E-state index >= 15 is 0 Å². The first-order valence-electron chi connectivity index (χ1n) is 6.30. The van der Waals surface area contributed by atoms with Gasteiger partial charge in [0.2, 0.25) is 0 Å². The van der Waals surface area contributed by atoms with Crippen molar-refractivity contribution in [2.75, 3.05) is 13.2 Å². The monoisotopic (exact) mass is 244 g/mol. The van der Waals surface area contributed by atoms with Crippen molar-refractivity contribution in [3.8, 4) is 0 Å². The Bertz CT molecular complexity index is 238. The van der Waals surface area contributed by atoms with E-state index in [1.807, 2.05) is 20.8 Å². The highest BCUT2D eigenvalue weighted by molar-refractivity contribution is 5.95. The van der Waals surface area contributed by atoms with Crippen LogP contribution in [0, 0.1) is 11.3 Å². The lowest BCUT2D eigenvalue weighted by Gasteiger charge is -2.32. The maximum Gasteiger partial charge on any atom is 0.320 e. The van der Waals surface area contributed by atoms with Crippen LogP contribution < -0.4 is 0 Å². The molecule has 0 aliphatic heterocycles. The molecule has 0 saturated carbocycles. The van der Waals surface area contributed by atoms with Crippen LogP contribution >= 0.6 is 0 Å². The van der Waals surface area contributed by atoms with Crippen LogP contribution in [0.25, 0.3) is 0 Å². The molecule has 0 heterocycles. The minimum Gasteiger partial charge on any atom is -0.465 e. The molecular weight excluding hydrogens is 220 g/mol. The lowest BCUT2D eigenvalue weighted by Crippen LogP contribution is -2.40. The van der Waals surface area contributed by atoms with Crippen molar-refractivity contribution in [3.63, 3.8) is 0 Å². The molecule has 0 unspecified atom stereocenters. The van der Waals surface area contributed by atoms with Gasteiger partial charge in [-0.25, -0.2) is 0 Å². The molecule has 0 amide bonds. The molecule has 0 fully saturated rings. The van der Waals surface area contributed by atoms with Gasteiger partial charge < -0.3 is 9.47 Å². The van der Waals surface area contributed by atoms with Gasteiger partial charge in [-0.2, -0.15) is 0 Å². The Morgan fingerprint density at radius 1 is 0.941 bits per heavy atom.